The molecule has 1 unspecified atom stereocenters. The summed E-state index contributed by atoms with van der Waals surface area (Å²) >= 11 is 7.21. The highest BCUT2D eigenvalue weighted by Gasteiger charge is 2.11. The summed E-state index contributed by atoms with van der Waals surface area (Å²) in [6.07, 6.45) is 0. The van der Waals surface area contributed by atoms with Gasteiger partial charge in [0.1, 0.15) is 0 Å². The molecular formula is C14H16BrNS2. The SMILES string of the molecule is CNC(CSc1cccc(Br)c1)c1csc(C)c1. The number of thiophene rings is 1. The highest BCUT2D eigenvalue weighted by Crippen LogP contribution is 2.28. The smallest absolute Gasteiger partial charge is 0.0421 e. The molecule has 1 nitrogen and oxygen atoms in total. The van der Waals surface area contributed by atoms with Crippen LogP contribution in [0.5, 0.6) is 0 Å². The second-order valence-electron chi connectivity index (χ2n) is 4.10. The molecule has 0 bridgehead atoms. The molecule has 2 aromatic rings. The summed E-state index contributed by atoms with van der Waals surface area (Å²) in [5.74, 6) is 1.04. The van der Waals surface area contributed by atoms with Gasteiger partial charge < -0.3 is 5.32 Å². The van der Waals surface area contributed by atoms with Gasteiger partial charge in [0.2, 0.25) is 0 Å². The summed E-state index contributed by atoms with van der Waals surface area (Å²) < 4.78 is 1.14. The van der Waals surface area contributed by atoms with Crippen molar-refractivity contribution in [3.8, 4) is 0 Å². The number of hydrogen-bond donors (Lipinski definition) is 1. The molecule has 0 saturated carbocycles. The van der Waals surface area contributed by atoms with Gasteiger partial charge in [0, 0.05) is 26.0 Å². The summed E-state index contributed by atoms with van der Waals surface area (Å²) in [7, 11) is 2.03. The minimum atomic E-state index is 0.416. The van der Waals surface area contributed by atoms with Crippen molar-refractivity contribution in [3.63, 3.8) is 0 Å². The molecular weight excluding hydrogens is 326 g/mol. The lowest BCUT2D eigenvalue weighted by molar-refractivity contribution is 0.664. The Morgan fingerprint density at radius 3 is 2.83 bits per heavy atom. The van der Waals surface area contributed by atoms with Gasteiger partial charge in [-0.15, -0.1) is 23.1 Å². The fraction of sp³-hybridized carbons (Fsp3) is 0.286. The molecule has 0 amide bonds. The van der Waals surface area contributed by atoms with E-state index in [1.165, 1.54) is 15.3 Å². The fourth-order valence-corrected chi connectivity index (χ4v) is 4.14. The van der Waals surface area contributed by atoms with E-state index in [1.54, 1.807) is 0 Å². The lowest BCUT2D eigenvalue weighted by Gasteiger charge is -2.14. The van der Waals surface area contributed by atoms with E-state index in [2.05, 4.69) is 63.9 Å². The molecule has 1 N–H and O–H groups in total. The zero-order valence-corrected chi connectivity index (χ0v) is 13.7. The van der Waals surface area contributed by atoms with Gasteiger partial charge in [-0.2, -0.15) is 0 Å². The Hall–Kier alpha value is -0.290. The van der Waals surface area contributed by atoms with Crippen LogP contribution in [0.15, 0.2) is 45.1 Å². The fourth-order valence-electron chi connectivity index (χ4n) is 1.73. The van der Waals surface area contributed by atoms with Crippen LogP contribution in [0.25, 0.3) is 0 Å². The lowest BCUT2D eigenvalue weighted by Crippen LogP contribution is -2.17. The molecule has 0 aliphatic carbocycles. The Bertz CT molecular complexity index is 510. The van der Waals surface area contributed by atoms with Crippen molar-refractivity contribution in [2.75, 3.05) is 12.8 Å². The number of hydrogen-bond acceptors (Lipinski definition) is 3. The van der Waals surface area contributed by atoms with Crippen LogP contribution in [0.2, 0.25) is 0 Å². The lowest BCUT2D eigenvalue weighted by atomic mass is 10.2. The van der Waals surface area contributed by atoms with E-state index in [1.807, 2.05) is 30.1 Å². The third-order valence-corrected chi connectivity index (χ3v) is 5.17. The van der Waals surface area contributed by atoms with Crippen molar-refractivity contribution in [2.24, 2.45) is 0 Å². The number of benzene rings is 1. The molecule has 0 aliphatic rings. The predicted octanol–water partition coefficient (Wildman–Crippen LogP) is 4.87. The van der Waals surface area contributed by atoms with Crippen molar-refractivity contribution in [3.05, 3.63) is 50.6 Å². The van der Waals surface area contributed by atoms with Crippen LogP contribution >= 0.6 is 39.0 Å². The summed E-state index contributed by atoms with van der Waals surface area (Å²) in [5.41, 5.74) is 1.39. The zero-order chi connectivity index (χ0) is 13.0. The molecule has 0 radical (unpaired) electrons. The van der Waals surface area contributed by atoms with Crippen LogP contribution in [-0.4, -0.2) is 12.8 Å². The first kappa shape index (κ1) is 14.1. The highest BCUT2D eigenvalue weighted by molar-refractivity contribution is 9.10. The Kier molecular flexibility index (Phi) is 5.30. The molecule has 0 aliphatic heterocycles. The number of halogens is 1. The first-order valence-corrected chi connectivity index (χ1v) is 8.45. The van der Waals surface area contributed by atoms with E-state index < -0.39 is 0 Å². The van der Waals surface area contributed by atoms with E-state index in [-0.39, 0.29) is 0 Å². The summed E-state index contributed by atoms with van der Waals surface area (Å²) in [6, 6.07) is 11.1. The van der Waals surface area contributed by atoms with Gasteiger partial charge in [0.15, 0.2) is 0 Å². The van der Waals surface area contributed by atoms with Gasteiger partial charge in [-0.1, -0.05) is 22.0 Å². The topological polar surface area (TPSA) is 12.0 Å². The molecule has 0 fully saturated rings. The Labute approximate surface area is 125 Å². The van der Waals surface area contributed by atoms with Crippen LogP contribution in [0, 0.1) is 6.92 Å². The molecule has 96 valence electrons. The molecule has 1 heterocycles. The second-order valence-corrected chi connectivity index (χ2v) is 7.22. The first-order valence-electron chi connectivity index (χ1n) is 5.79. The molecule has 0 spiro atoms. The van der Waals surface area contributed by atoms with Crippen molar-refractivity contribution in [2.45, 2.75) is 17.9 Å². The third-order valence-electron chi connectivity index (χ3n) is 2.71. The van der Waals surface area contributed by atoms with Crippen molar-refractivity contribution in [1.82, 2.24) is 5.32 Å². The molecule has 1 aromatic carbocycles. The minimum Gasteiger partial charge on any atom is -0.312 e. The van der Waals surface area contributed by atoms with E-state index in [9.17, 15) is 0 Å². The molecule has 1 atom stereocenters. The van der Waals surface area contributed by atoms with E-state index >= 15 is 0 Å². The molecule has 4 heteroatoms. The maximum absolute atomic E-state index is 3.51. The van der Waals surface area contributed by atoms with Gasteiger partial charge in [0.05, 0.1) is 0 Å². The summed E-state index contributed by atoms with van der Waals surface area (Å²) in [6.45, 7) is 2.16. The van der Waals surface area contributed by atoms with E-state index in [0.29, 0.717) is 6.04 Å². The number of thioether (sulfide) groups is 1. The van der Waals surface area contributed by atoms with Crippen LogP contribution < -0.4 is 5.32 Å². The van der Waals surface area contributed by atoms with Crippen molar-refractivity contribution >= 4 is 39.0 Å². The van der Waals surface area contributed by atoms with E-state index in [4.69, 9.17) is 0 Å². The third kappa shape index (κ3) is 3.85. The first-order chi connectivity index (χ1) is 8.69. The summed E-state index contributed by atoms with van der Waals surface area (Å²) in [4.78, 5) is 2.68. The monoisotopic (exact) mass is 341 g/mol. The van der Waals surface area contributed by atoms with Crippen molar-refractivity contribution in [1.29, 1.82) is 0 Å². The standard InChI is InChI=1S/C14H16BrNS2/c1-10-6-11(8-17-10)14(16-2)9-18-13-5-3-4-12(15)7-13/h3-8,14,16H,9H2,1-2H3. The maximum atomic E-state index is 3.51. The second kappa shape index (κ2) is 6.75. The van der Waals surface area contributed by atoms with Crippen LogP contribution in [0.3, 0.4) is 0 Å². The number of nitrogens with one attached hydrogen (secondary N) is 1. The Balaban J connectivity index is 1.99. The van der Waals surface area contributed by atoms with Crippen LogP contribution in [-0.2, 0) is 0 Å². The van der Waals surface area contributed by atoms with Gasteiger partial charge in [0.25, 0.3) is 0 Å². The average Bonchev–Trinajstić information content (AvgIpc) is 2.77. The molecule has 18 heavy (non-hydrogen) atoms. The highest BCUT2D eigenvalue weighted by atomic mass is 79.9. The van der Waals surface area contributed by atoms with Gasteiger partial charge in [-0.25, -0.2) is 0 Å². The van der Waals surface area contributed by atoms with Crippen LogP contribution in [0.4, 0.5) is 0 Å². The Morgan fingerprint density at radius 1 is 1.39 bits per heavy atom. The molecule has 0 saturated heterocycles. The quantitative estimate of drug-likeness (QED) is 0.778. The number of rotatable bonds is 5. The van der Waals surface area contributed by atoms with E-state index in [0.717, 1.165) is 10.2 Å². The van der Waals surface area contributed by atoms with Gasteiger partial charge in [-0.3, -0.25) is 0 Å². The van der Waals surface area contributed by atoms with Crippen molar-refractivity contribution < 1.29 is 0 Å². The average molecular weight is 342 g/mol. The van der Waals surface area contributed by atoms with Gasteiger partial charge in [-0.05, 0) is 49.2 Å². The van der Waals surface area contributed by atoms with Gasteiger partial charge >= 0.3 is 0 Å². The predicted molar refractivity (Wildman–Crippen MR) is 85.7 cm³/mol. The molecule has 1 aromatic heterocycles. The Morgan fingerprint density at radius 2 is 2.22 bits per heavy atom. The number of aryl methyl sites for hydroxylation is 1. The normalized spacial score (nSPS) is 12.6. The minimum absolute atomic E-state index is 0.416. The van der Waals surface area contributed by atoms with Crippen LogP contribution in [0.1, 0.15) is 16.5 Å². The largest absolute Gasteiger partial charge is 0.312 e. The molecule has 2 rings (SSSR count). The zero-order valence-electron chi connectivity index (χ0n) is 10.4. The summed E-state index contributed by atoms with van der Waals surface area (Å²) in [5, 5.41) is 5.64. The maximum Gasteiger partial charge on any atom is 0.0421 e.